The number of halogens is 2. The zero-order chi connectivity index (χ0) is 18.1. The molecule has 4 heterocycles. The third-order valence-corrected chi connectivity index (χ3v) is 5.75. The molecule has 3 saturated heterocycles. The Kier molecular flexibility index (Phi) is 4.79. The van der Waals surface area contributed by atoms with Crippen molar-refractivity contribution in [1.29, 1.82) is 0 Å². The molecule has 0 spiro atoms. The van der Waals surface area contributed by atoms with Gasteiger partial charge in [0.2, 0.25) is 5.91 Å². The van der Waals surface area contributed by atoms with Crippen molar-refractivity contribution in [2.24, 2.45) is 0 Å². The molecule has 1 amide bonds. The molecule has 142 valence electrons. The molecule has 0 aromatic carbocycles. The minimum Gasteiger partial charge on any atom is -0.369 e. The second-order valence-electron chi connectivity index (χ2n) is 7.44. The van der Waals surface area contributed by atoms with E-state index in [1.807, 2.05) is 12.1 Å². The minimum atomic E-state index is -2.73. The molecule has 3 fully saturated rings. The Morgan fingerprint density at radius 2 is 1.88 bits per heavy atom. The van der Waals surface area contributed by atoms with Crippen LogP contribution < -0.4 is 10.2 Å². The molecule has 0 aliphatic carbocycles. The van der Waals surface area contributed by atoms with E-state index in [1.54, 1.807) is 12.4 Å². The van der Waals surface area contributed by atoms with E-state index in [0.29, 0.717) is 12.5 Å². The summed E-state index contributed by atoms with van der Waals surface area (Å²) in [5.41, 5.74) is 1.19. The fourth-order valence-corrected chi connectivity index (χ4v) is 4.23. The normalized spacial score (nSPS) is 29.3. The molecule has 0 unspecified atom stereocenters. The minimum absolute atomic E-state index is 0.166. The van der Waals surface area contributed by atoms with Gasteiger partial charge in [0, 0.05) is 69.8 Å². The van der Waals surface area contributed by atoms with Crippen molar-refractivity contribution in [3.63, 3.8) is 0 Å². The number of hydrogen-bond acceptors (Lipinski definition) is 5. The number of piperazine rings is 1. The lowest BCUT2D eigenvalue weighted by Crippen LogP contribution is -2.51. The van der Waals surface area contributed by atoms with Gasteiger partial charge in [0.1, 0.15) is 0 Å². The molecular formula is C18H25F2N5O. The average Bonchev–Trinajstić information content (AvgIpc) is 3.29. The van der Waals surface area contributed by atoms with Crippen LogP contribution in [0.1, 0.15) is 12.8 Å². The van der Waals surface area contributed by atoms with Crippen LogP contribution in [0.15, 0.2) is 24.5 Å². The molecule has 1 aromatic rings. The molecule has 2 atom stereocenters. The summed E-state index contributed by atoms with van der Waals surface area (Å²) in [4.78, 5) is 22.6. The highest BCUT2D eigenvalue weighted by Crippen LogP contribution is 2.28. The Hall–Kier alpha value is -1.80. The zero-order valence-corrected chi connectivity index (χ0v) is 14.8. The number of pyridine rings is 1. The van der Waals surface area contributed by atoms with Crippen LogP contribution in [0.25, 0.3) is 0 Å². The summed E-state index contributed by atoms with van der Waals surface area (Å²) < 4.78 is 26.7. The van der Waals surface area contributed by atoms with Crippen LogP contribution in [0.4, 0.5) is 14.5 Å². The van der Waals surface area contributed by atoms with Gasteiger partial charge < -0.3 is 15.1 Å². The molecule has 3 aliphatic heterocycles. The summed E-state index contributed by atoms with van der Waals surface area (Å²) in [6, 6.07) is 4.01. The number of likely N-dealkylation sites (tertiary alicyclic amines) is 1. The molecule has 0 saturated carbocycles. The Balaban J connectivity index is 1.28. The van der Waals surface area contributed by atoms with Gasteiger partial charge in [-0.15, -0.1) is 0 Å². The van der Waals surface area contributed by atoms with Crippen molar-refractivity contribution in [2.45, 2.75) is 30.8 Å². The smallest absolute Gasteiger partial charge is 0.267 e. The van der Waals surface area contributed by atoms with E-state index in [4.69, 9.17) is 0 Å². The fraction of sp³-hybridized carbons (Fsp3) is 0.667. The molecular weight excluding hydrogens is 340 g/mol. The lowest BCUT2D eigenvalue weighted by Gasteiger charge is -2.38. The molecule has 8 heteroatoms. The summed E-state index contributed by atoms with van der Waals surface area (Å²) >= 11 is 0. The Bertz CT molecular complexity index is 636. The van der Waals surface area contributed by atoms with Crippen molar-refractivity contribution < 1.29 is 13.6 Å². The summed E-state index contributed by atoms with van der Waals surface area (Å²) in [5.74, 6) is -2.89. The van der Waals surface area contributed by atoms with Crippen molar-refractivity contribution in [1.82, 2.24) is 20.1 Å². The molecule has 4 rings (SSSR count). The highest BCUT2D eigenvalue weighted by Gasteiger charge is 2.43. The third kappa shape index (κ3) is 3.66. The van der Waals surface area contributed by atoms with Gasteiger partial charge in [-0.25, -0.2) is 8.78 Å². The number of carbonyl (C=O) groups excluding carboxylic acids is 1. The summed E-state index contributed by atoms with van der Waals surface area (Å²) in [5, 5.41) is 3.25. The van der Waals surface area contributed by atoms with Crippen LogP contribution in [0.2, 0.25) is 0 Å². The monoisotopic (exact) mass is 365 g/mol. The van der Waals surface area contributed by atoms with Gasteiger partial charge in [-0.1, -0.05) is 0 Å². The quantitative estimate of drug-likeness (QED) is 0.859. The molecule has 1 N–H and O–H groups in total. The second kappa shape index (κ2) is 7.08. The number of amides is 1. The molecule has 0 bridgehead atoms. The van der Waals surface area contributed by atoms with Crippen molar-refractivity contribution in [3.8, 4) is 0 Å². The van der Waals surface area contributed by atoms with Crippen molar-refractivity contribution in [2.75, 3.05) is 50.7 Å². The van der Waals surface area contributed by atoms with Crippen LogP contribution in [-0.2, 0) is 4.79 Å². The van der Waals surface area contributed by atoms with E-state index >= 15 is 0 Å². The number of carbonyl (C=O) groups is 1. The standard InChI is InChI=1S/C18H25F2N5O/c19-18(20)3-6-25(13-18)17(26)16-11-15(12-22-16)24-9-7-23(8-10-24)14-1-4-21-5-2-14/h1-2,4-5,15-16,22H,3,6-13H2/t15-,16-/m0/s1. The third-order valence-electron chi connectivity index (χ3n) is 5.75. The molecule has 6 nitrogen and oxygen atoms in total. The summed E-state index contributed by atoms with van der Waals surface area (Å²) in [7, 11) is 0. The number of rotatable bonds is 3. The first-order chi connectivity index (χ1) is 12.5. The maximum Gasteiger partial charge on any atom is 0.267 e. The first-order valence-corrected chi connectivity index (χ1v) is 9.31. The highest BCUT2D eigenvalue weighted by molar-refractivity contribution is 5.82. The molecule has 0 radical (unpaired) electrons. The average molecular weight is 365 g/mol. The van der Waals surface area contributed by atoms with E-state index < -0.39 is 12.5 Å². The lowest BCUT2D eigenvalue weighted by atomic mass is 10.1. The molecule has 26 heavy (non-hydrogen) atoms. The first-order valence-electron chi connectivity index (χ1n) is 9.31. The van der Waals surface area contributed by atoms with Crippen molar-refractivity contribution in [3.05, 3.63) is 24.5 Å². The predicted octanol–water partition coefficient (Wildman–Crippen LogP) is 0.802. The maximum absolute atomic E-state index is 13.4. The van der Waals surface area contributed by atoms with Gasteiger partial charge in [-0.2, -0.15) is 0 Å². The second-order valence-corrected chi connectivity index (χ2v) is 7.44. The Labute approximate surface area is 152 Å². The van der Waals surface area contributed by atoms with Gasteiger partial charge >= 0.3 is 0 Å². The number of nitrogens with one attached hydrogen (secondary N) is 1. The summed E-state index contributed by atoms with van der Waals surface area (Å²) in [6.45, 7) is 4.25. The topological polar surface area (TPSA) is 51.7 Å². The SMILES string of the molecule is O=C([C@@H]1C[C@H](N2CCN(c3ccncc3)CC2)CN1)N1CCC(F)(F)C1. The lowest BCUT2D eigenvalue weighted by molar-refractivity contribution is -0.133. The van der Waals surface area contributed by atoms with Crippen LogP contribution in [0.5, 0.6) is 0 Å². The van der Waals surface area contributed by atoms with Gasteiger partial charge in [-0.3, -0.25) is 14.7 Å². The largest absolute Gasteiger partial charge is 0.369 e. The van der Waals surface area contributed by atoms with Crippen molar-refractivity contribution >= 4 is 11.6 Å². The first kappa shape index (κ1) is 17.6. The van der Waals surface area contributed by atoms with E-state index in [2.05, 4.69) is 20.1 Å². The Morgan fingerprint density at radius 3 is 2.54 bits per heavy atom. The number of aromatic nitrogens is 1. The van der Waals surface area contributed by atoms with Crippen LogP contribution in [0.3, 0.4) is 0 Å². The Morgan fingerprint density at radius 1 is 1.15 bits per heavy atom. The van der Waals surface area contributed by atoms with E-state index in [1.165, 1.54) is 10.6 Å². The van der Waals surface area contributed by atoms with Gasteiger partial charge in [0.05, 0.1) is 12.6 Å². The van der Waals surface area contributed by atoms with E-state index in [-0.39, 0.29) is 24.9 Å². The molecule has 1 aromatic heterocycles. The molecule has 3 aliphatic rings. The highest BCUT2D eigenvalue weighted by atomic mass is 19.3. The number of nitrogens with zero attached hydrogens (tertiary/aromatic N) is 4. The summed E-state index contributed by atoms with van der Waals surface area (Å²) in [6.07, 6.45) is 4.10. The van der Waals surface area contributed by atoms with Gasteiger partial charge in [0.25, 0.3) is 5.92 Å². The number of hydrogen-bond donors (Lipinski definition) is 1. The van der Waals surface area contributed by atoms with Crippen LogP contribution in [-0.4, -0.2) is 84.5 Å². The van der Waals surface area contributed by atoms with Crippen LogP contribution >= 0.6 is 0 Å². The predicted molar refractivity (Wildman–Crippen MR) is 94.4 cm³/mol. The van der Waals surface area contributed by atoms with E-state index in [9.17, 15) is 13.6 Å². The number of anilines is 1. The van der Waals surface area contributed by atoms with Gasteiger partial charge in [-0.05, 0) is 18.6 Å². The zero-order valence-electron chi connectivity index (χ0n) is 14.8. The fourth-order valence-electron chi connectivity index (χ4n) is 4.23. The number of alkyl halides is 2. The van der Waals surface area contributed by atoms with E-state index in [0.717, 1.165) is 32.7 Å². The maximum atomic E-state index is 13.4. The van der Waals surface area contributed by atoms with Gasteiger partial charge in [0.15, 0.2) is 0 Å². The van der Waals surface area contributed by atoms with Crippen LogP contribution in [0, 0.1) is 0 Å².